The van der Waals surface area contributed by atoms with Gasteiger partial charge in [0.25, 0.3) is 5.91 Å². The molecule has 0 aromatic carbocycles. The lowest BCUT2D eigenvalue weighted by Crippen LogP contribution is -2.50. The number of urea groups is 2. The zero-order chi connectivity index (χ0) is 17.6. The van der Waals surface area contributed by atoms with Gasteiger partial charge < -0.3 is 20.1 Å². The molecule has 2 N–H and O–H groups in total. The molecule has 5 amide bonds. The van der Waals surface area contributed by atoms with Crippen LogP contribution in [-0.2, 0) is 24.2 Å². The fourth-order valence-corrected chi connectivity index (χ4v) is 3.87. The van der Waals surface area contributed by atoms with Crippen molar-refractivity contribution in [3.8, 4) is 0 Å². The molecule has 2 aliphatic heterocycles. The third-order valence-electron chi connectivity index (χ3n) is 5.36. The molecule has 3 aliphatic rings. The maximum atomic E-state index is 12.4. The highest BCUT2D eigenvalue weighted by Crippen LogP contribution is 2.28. The van der Waals surface area contributed by atoms with Crippen LogP contribution in [0.1, 0.15) is 36.3 Å². The Morgan fingerprint density at radius 1 is 1.36 bits per heavy atom. The van der Waals surface area contributed by atoms with E-state index in [1.807, 2.05) is 0 Å². The first kappa shape index (κ1) is 15.9. The molecule has 2 saturated heterocycles. The SMILES string of the molecule is CN1C(=O)N[C@]2(CCN(C(=O)NCc3noc4c3CCCC4)C2)C1=O. The average molecular weight is 347 g/mol. The number of likely N-dealkylation sites (N-methyl/N-ethyl adjacent to an activating group) is 1. The van der Waals surface area contributed by atoms with Crippen LogP contribution in [0.3, 0.4) is 0 Å². The van der Waals surface area contributed by atoms with Gasteiger partial charge in [0, 0.05) is 25.6 Å². The number of hydrogen-bond acceptors (Lipinski definition) is 5. The van der Waals surface area contributed by atoms with Gasteiger partial charge in [-0.3, -0.25) is 9.69 Å². The lowest BCUT2D eigenvalue weighted by molar-refractivity contribution is -0.129. The topological polar surface area (TPSA) is 108 Å². The molecule has 4 rings (SSSR count). The van der Waals surface area contributed by atoms with Gasteiger partial charge in [0.05, 0.1) is 13.1 Å². The summed E-state index contributed by atoms with van der Waals surface area (Å²) >= 11 is 0. The molecule has 9 heteroatoms. The lowest BCUT2D eigenvalue weighted by atomic mass is 9.96. The standard InChI is InChI=1S/C16H21N5O4/c1-20-13(22)16(18-15(20)24)6-7-21(9-16)14(23)17-8-11-10-4-2-3-5-12(10)25-19-11/h2-9H2,1H3,(H,17,23)(H,18,24)/t16-/m0/s1. The molecule has 0 bridgehead atoms. The summed E-state index contributed by atoms with van der Waals surface area (Å²) in [5.74, 6) is 0.649. The van der Waals surface area contributed by atoms with Gasteiger partial charge in [-0.25, -0.2) is 9.59 Å². The number of aromatic nitrogens is 1. The molecule has 0 unspecified atom stereocenters. The van der Waals surface area contributed by atoms with E-state index in [4.69, 9.17) is 4.52 Å². The molecule has 1 spiro atoms. The summed E-state index contributed by atoms with van der Waals surface area (Å²) in [6, 6.07) is -0.678. The van der Waals surface area contributed by atoms with Crippen molar-refractivity contribution in [3.05, 3.63) is 17.0 Å². The Morgan fingerprint density at radius 2 is 2.16 bits per heavy atom. The predicted molar refractivity (Wildman–Crippen MR) is 85.6 cm³/mol. The van der Waals surface area contributed by atoms with E-state index in [9.17, 15) is 14.4 Å². The van der Waals surface area contributed by atoms with Gasteiger partial charge in [-0.1, -0.05) is 5.16 Å². The van der Waals surface area contributed by atoms with Gasteiger partial charge in [-0.15, -0.1) is 0 Å². The van der Waals surface area contributed by atoms with E-state index in [1.165, 1.54) is 7.05 Å². The van der Waals surface area contributed by atoms with E-state index in [2.05, 4.69) is 15.8 Å². The summed E-state index contributed by atoms with van der Waals surface area (Å²) in [4.78, 5) is 39.0. The summed E-state index contributed by atoms with van der Waals surface area (Å²) < 4.78 is 5.35. The minimum Gasteiger partial charge on any atom is -0.361 e. The van der Waals surface area contributed by atoms with E-state index in [-0.39, 0.29) is 18.5 Å². The third kappa shape index (κ3) is 2.54. The van der Waals surface area contributed by atoms with Crippen molar-refractivity contribution >= 4 is 18.0 Å². The van der Waals surface area contributed by atoms with E-state index >= 15 is 0 Å². The molecule has 1 aromatic heterocycles. The van der Waals surface area contributed by atoms with Gasteiger partial charge in [0.2, 0.25) is 0 Å². The normalized spacial score (nSPS) is 25.5. The fourth-order valence-electron chi connectivity index (χ4n) is 3.87. The second kappa shape index (κ2) is 5.75. The van der Waals surface area contributed by atoms with Crippen LogP contribution in [0.5, 0.6) is 0 Å². The molecule has 1 atom stereocenters. The number of rotatable bonds is 2. The summed E-state index contributed by atoms with van der Waals surface area (Å²) in [6.07, 6.45) is 4.48. The molecule has 2 fully saturated rings. The van der Waals surface area contributed by atoms with E-state index < -0.39 is 11.6 Å². The molecule has 1 aliphatic carbocycles. The highest BCUT2D eigenvalue weighted by Gasteiger charge is 2.54. The van der Waals surface area contributed by atoms with Gasteiger partial charge in [0.1, 0.15) is 17.0 Å². The molecule has 3 heterocycles. The molecule has 1 aromatic rings. The Bertz CT molecular complexity index is 745. The molecule has 25 heavy (non-hydrogen) atoms. The quantitative estimate of drug-likeness (QED) is 0.753. The first-order valence-corrected chi connectivity index (χ1v) is 8.59. The van der Waals surface area contributed by atoms with Crippen LogP contribution in [-0.4, -0.2) is 58.6 Å². The van der Waals surface area contributed by atoms with Crippen molar-refractivity contribution in [3.63, 3.8) is 0 Å². The Balaban J connectivity index is 1.37. The lowest BCUT2D eigenvalue weighted by Gasteiger charge is -2.21. The molecule has 134 valence electrons. The second-order valence-corrected chi connectivity index (χ2v) is 6.94. The van der Waals surface area contributed by atoms with Crippen molar-refractivity contribution in [1.82, 2.24) is 25.6 Å². The molecular formula is C16H21N5O4. The minimum atomic E-state index is -0.976. The number of likely N-dealkylation sites (tertiary alicyclic amines) is 1. The number of carbonyl (C=O) groups excluding carboxylic acids is 3. The molecular weight excluding hydrogens is 326 g/mol. The molecule has 9 nitrogen and oxygen atoms in total. The zero-order valence-corrected chi connectivity index (χ0v) is 14.1. The third-order valence-corrected chi connectivity index (χ3v) is 5.36. The minimum absolute atomic E-state index is 0.185. The first-order valence-electron chi connectivity index (χ1n) is 8.59. The monoisotopic (exact) mass is 347 g/mol. The van der Waals surface area contributed by atoms with Crippen LogP contribution in [0.4, 0.5) is 9.59 Å². The summed E-state index contributed by atoms with van der Waals surface area (Å²) in [6.45, 7) is 0.911. The van der Waals surface area contributed by atoms with Crippen molar-refractivity contribution in [1.29, 1.82) is 0 Å². The number of imide groups is 1. The number of aryl methyl sites for hydroxylation is 1. The molecule has 0 saturated carbocycles. The number of nitrogens with one attached hydrogen (secondary N) is 2. The largest absolute Gasteiger partial charge is 0.361 e. The Kier molecular flexibility index (Phi) is 3.66. The van der Waals surface area contributed by atoms with Gasteiger partial charge in [-0.05, 0) is 25.7 Å². The zero-order valence-electron chi connectivity index (χ0n) is 14.1. The number of nitrogens with zero attached hydrogens (tertiary/aromatic N) is 3. The van der Waals surface area contributed by atoms with Gasteiger partial charge in [-0.2, -0.15) is 0 Å². The summed E-state index contributed by atoms with van der Waals surface area (Å²) in [5.41, 5.74) is 0.919. The highest BCUT2D eigenvalue weighted by atomic mass is 16.5. The number of carbonyl (C=O) groups is 3. The Morgan fingerprint density at radius 3 is 2.92 bits per heavy atom. The van der Waals surface area contributed by atoms with E-state index in [0.717, 1.165) is 47.6 Å². The van der Waals surface area contributed by atoms with Crippen LogP contribution in [0.2, 0.25) is 0 Å². The highest BCUT2D eigenvalue weighted by molar-refractivity contribution is 6.07. The van der Waals surface area contributed by atoms with E-state index in [1.54, 1.807) is 4.90 Å². The Labute approximate surface area is 144 Å². The van der Waals surface area contributed by atoms with Crippen LogP contribution < -0.4 is 10.6 Å². The Hall–Kier alpha value is -2.58. The average Bonchev–Trinajstić information content (AvgIpc) is 3.28. The van der Waals surface area contributed by atoms with E-state index in [0.29, 0.717) is 19.5 Å². The van der Waals surface area contributed by atoms with Crippen molar-refractivity contribution in [2.24, 2.45) is 0 Å². The number of amides is 5. The predicted octanol–water partition coefficient (Wildman–Crippen LogP) is 0.389. The van der Waals surface area contributed by atoms with Crippen LogP contribution >= 0.6 is 0 Å². The second-order valence-electron chi connectivity index (χ2n) is 6.94. The fraction of sp³-hybridized carbons (Fsp3) is 0.625. The van der Waals surface area contributed by atoms with Gasteiger partial charge in [0.15, 0.2) is 0 Å². The summed E-state index contributed by atoms with van der Waals surface area (Å²) in [5, 5.41) is 9.63. The van der Waals surface area contributed by atoms with Crippen molar-refractivity contribution in [2.75, 3.05) is 20.1 Å². The van der Waals surface area contributed by atoms with Crippen molar-refractivity contribution in [2.45, 2.75) is 44.2 Å². The van der Waals surface area contributed by atoms with Crippen LogP contribution in [0, 0.1) is 0 Å². The summed E-state index contributed by atoms with van der Waals surface area (Å²) in [7, 11) is 1.45. The van der Waals surface area contributed by atoms with Crippen molar-refractivity contribution < 1.29 is 18.9 Å². The maximum absolute atomic E-state index is 12.4. The first-order chi connectivity index (χ1) is 12.0. The maximum Gasteiger partial charge on any atom is 0.324 e. The molecule has 0 radical (unpaired) electrons. The smallest absolute Gasteiger partial charge is 0.324 e. The number of hydrogen-bond donors (Lipinski definition) is 2. The van der Waals surface area contributed by atoms with Crippen LogP contribution in [0.15, 0.2) is 4.52 Å². The van der Waals surface area contributed by atoms with Gasteiger partial charge >= 0.3 is 12.1 Å². The van der Waals surface area contributed by atoms with Crippen LogP contribution in [0.25, 0.3) is 0 Å². The number of fused-ring (bicyclic) bond motifs is 1.